The summed E-state index contributed by atoms with van der Waals surface area (Å²) < 4.78 is 2.01. The van der Waals surface area contributed by atoms with Gasteiger partial charge in [0, 0.05) is 12.1 Å². The monoisotopic (exact) mass is 503 g/mol. The minimum absolute atomic E-state index is 0.0893. The molecule has 0 spiro atoms. The molecule has 0 saturated carbocycles. The van der Waals surface area contributed by atoms with E-state index < -0.39 is 0 Å². The number of amides is 1. The summed E-state index contributed by atoms with van der Waals surface area (Å²) in [6, 6.07) is 13.6. The molecule has 0 saturated heterocycles. The molecule has 3 rings (SSSR count). The molecule has 0 aliphatic rings. The lowest BCUT2D eigenvalue weighted by Crippen LogP contribution is -2.21. The minimum Gasteiger partial charge on any atom is -0.302 e. The topological polar surface area (TPSA) is 72.2 Å². The van der Waals surface area contributed by atoms with Crippen molar-refractivity contribution >= 4 is 46.6 Å². The van der Waals surface area contributed by atoms with Gasteiger partial charge >= 0.3 is 0 Å². The molecule has 1 amide bonds. The van der Waals surface area contributed by atoms with Gasteiger partial charge in [-0.1, -0.05) is 86.1 Å². The van der Waals surface area contributed by atoms with Gasteiger partial charge in [0.25, 0.3) is 5.91 Å². The van der Waals surface area contributed by atoms with E-state index in [1.807, 2.05) is 11.5 Å². The van der Waals surface area contributed by atoms with E-state index in [4.69, 9.17) is 23.2 Å². The standard InChI is InChI=1S/C24H27Cl2N5OS/c1-6-31-22(16-7-10-18(11-8-16)24(3,4)5)29-30-23(31)33-14-21(32)28-27-15(2)17-9-12-19(25)20(26)13-17/h7-13H,6,14H2,1-5H3,(H,28,32)/b27-15+. The number of hydrazone groups is 1. The highest BCUT2D eigenvalue weighted by Crippen LogP contribution is 2.28. The van der Waals surface area contributed by atoms with E-state index in [1.54, 1.807) is 25.1 Å². The molecule has 0 aliphatic heterocycles. The zero-order valence-corrected chi connectivity index (χ0v) is 21.6. The number of carbonyl (C=O) groups is 1. The summed E-state index contributed by atoms with van der Waals surface area (Å²) in [7, 11) is 0. The molecule has 0 fully saturated rings. The van der Waals surface area contributed by atoms with Crippen molar-refractivity contribution in [2.24, 2.45) is 5.10 Å². The third kappa shape index (κ3) is 6.37. The second-order valence-corrected chi connectivity index (χ2v) is 10.3. The number of aromatic nitrogens is 3. The van der Waals surface area contributed by atoms with Crippen molar-refractivity contribution in [1.82, 2.24) is 20.2 Å². The Morgan fingerprint density at radius 3 is 2.39 bits per heavy atom. The van der Waals surface area contributed by atoms with Gasteiger partial charge in [0.15, 0.2) is 11.0 Å². The summed E-state index contributed by atoms with van der Waals surface area (Å²) in [6.45, 7) is 11.1. The molecule has 174 valence electrons. The molecule has 6 nitrogen and oxygen atoms in total. The SMILES string of the molecule is CCn1c(SCC(=O)N/N=C(\C)c2ccc(Cl)c(Cl)c2)nnc1-c1ccc(C(C)(C)C)cc1. The molecule has 9 heteroatoms. The largest absolute Gasteiger partial charge is 0.302 e. The molecular weight excluding hydrogens is 477 g/mol. The van der Waals surface area contributed by atoms with E-state index in [-0.39, 0.29) is 17.1 Å². The summed E-state index contributed by atoms with van der Waals surface area (Å²) in [5.74, 6) is 0.717. The van der Waals surface area contributed by atoms with E-state index in [0.717, 1.165) is 17.0 Å². The highest BCUT2D eigenvalue weighted by Gasteiger charge is 2.17. The second-order valence-electron chi connectivity index (χ2n) is 8.53. The minimum atomic E-state index is -0.235. The normalized spacial score (nSPS) is 12.2. The Morgan fingerprint density at radius 2 is 1.79 bits per heavy atom. The first-order valence-corrected chi connectivity index (χ1v) is 12.3. The van der Waals surface area contributed by atoms with Crippen LogP contribution >= 0.6 is 35.0 Å². The lowest BCUT2D eigenvalue weighted by atomic mass is 9.87. The summed E-state index contributed by atoms with van der Waals surface area (Å²) in [4.78, 5) is 12.3. The maximum absolute atomic E-state index is 12.3. The third-order valence-corrected chi connectivity index (χ3v) is 6.77. The van der Waals surface area contributed by atoms with Gasteiger partial charge in [0.1, 0.15) is 0 Å². The Balaban J connectivity index is 1.65. The van der Waals surface area contributed by atoms with Crippen LogP contribution in [0, 0.1) is 0 Å². The first kappa shape index (κ1) is 25.3. The van der Waals surface area contributed by atoms with Gasteiger partial charge in [0.05, 0.1) is 21.5 Å². The lowest BCUT2D eigenvalue weighted by Gasteiger charge is -2.19. The van der Waals surface area contributed by atoms with Gasteiger partial charge in [-0.25, -0.2) is 5.43 Å². The van der Waals surface area contributed by atoms with Crippen molar-refractivity contribution in [1.29, 1.82) is 0 Å². The smallest absolute Gasteiger partial charge is 0.250 e. The number of nitrogens with one attached hydrogen (secondary N) is 1. The Hall–Kier alpha value is -2.35. The van der Waals surface area contributed by atoms with E-state index >= 15 is 0 Å². The number of hydrogen-bond donors (Lipinski definition) is 1. The zero-order chi connectivity index (χ0) is 24.2. The number of hydrogen-bond acceptors (Lipinski definition) is 5. The molecule has 0 radical (unpaired) electrons. The molecule has 1 aromatic heterocycles. The molecule has 2 aromatic carbocycles. The average molecular weight is 504 g/mol. The fraction of sp³-hybridized carbons (Fsp3) is 0.333. The maximum Gasteiger partial charge on any atom is 0.250 e. The van der Waals surface area contributed by atoms with Crippen LogP contribution in [0.5, 0.6) is 0 Å². The molecule has 0 aliphatic carbocycles. The Labute approximate surface area is 208 Å². The summed E-state index contributed by atoms with van der Waals surface area (Å²) in [6.07, 6.45) is 0. The zero-order valence-electron chi connectivity index (χ0n) is 19.3. The molecule has 33 heavy (non-hydrogen) atoms. The van der Waals surface area contributed by atoms with Crippen molar-refractivity contribution in [3.8, 4) is 11.4 Å². The number of halogens is 2. The van der Waals surface area contributed by atoms with Crippen LogP contribution in [0.3, 0.4) is 0 Å². The van der Waals surface area contributed by atoms with Crippen LogP contribution in [-0.4, -0.2) is 32.1 Å². The van der Waals surface area contributed by atoms with E-state index in [0.29, 0.717) is 27.5 Å². The summed E-state index contributed by atoms with van der Waals surface area (Å²) >= 11 is 13.3. The van der Waals surface area contributed by atoms with Crippen molar-refractivity contribution in [2.45, 2.75) is 51.7 Å². The Morgan fingerprint density at radius 1 is 1.09 bits per heavy atom. The highest BCUT2D eigenvalue weighted by atomic mass is 35.5. The number of carbonyl (C=O) groups excluding carboxylic acids is 1. The van der Waals surface area contributed by atoms with Crippen LogP contribution in [0.4, 0.5) is 0 Å². The van der Waals surface area contributed by atoms with Crippen LogP contribution in [0.25, 0.3) is 11.4 Å². The fourth-order valence-corrected chi connectivity index (χ4v) is 4.20. The van der Waals surface area contributed by atoms with E-state index in [2.05, 4.69) is 65.8 Å². The number of nitrogens with zero attached hydrogens (tertiary/aromatic N) is 4. The molecule has 1 heterocycles. The van der Waals surface area contributed by atoms with Crippen molar-refractivity contribution < 1.29 is 4.79 Å². The van der Waals surface area contributed by atoms with Gasteiger partial charge in [-0.2, -0.15) is 5.10 Å². The molecule has 1 N–H and O–H groups in total. The highest BCUT2D eigenvalue weighted by molar-refractivity contribution is 7.99. The third-order valence-electron chi connectivity index (χ3n) is 5.06. The van der Waals surface area contributed by atoms with Gasteiger partial charge < -0.3 is 4.57 Å². The quantitative estimate of drug-likeness (QED) is 0.236. The predicted octanol–water partition coefficient (Wildman–Crippen LogP) is 6.20. The van der Waals surface area contributed by atoms with Crippen LogP contribution in [0.15, 0.2) is 52.7 Å². The molecule has 3 aromatic rings. The average Bonchev–Trinajstić information content (AvgIpc) is 3.20. The number of thioether (sulfide) groups is 1. The second kappa shape index (κ2) is 10.7. The Bertz CT molecular complexity index is 1170. The van der Waals surface area contributed by atoms with Gasteiger partial charge in [-0.05, 0) is 42.5 Å². The van der Waals surface area contributed by atoms with Gasteiger partial charge in [-0.3, -0.25) is 4.79 Å². The fourth-order valence-electron chi connectivity index (χ4n) is 3.11. The summed E-state index contributed by atoms with van der Waals surface area (Å²) in [5.41, 5.74) is 6.33. The lowest BCUT2D eigenvalue weighted by molar-refractivity contribution is -0.118. The van der Waals surface area contributed by atoms with E-state index in [9.17, 15) is 4.79 Å². The first-order valence-electron chi connectivity index (χ1n) is 10.6. The van der Waals surface area contributed by atoms with Crippen LogP contribution < -0.4 is 5.43 Å². The maximum atomic E-state index is 12.3. The number of benzene rings is 2. The number of rotatable bonds is 7. The van der Waals surface area contributed by atoms with Gasteiger partial charge in [0.2, 0.25) is 0 Å². The van der Waals surface area contributed by atoms with Crippen LogP contribution in [0.1, 0.15) is 45.7 Å². The molecular formula is C24H27Cl2N5OS. The predicted molar refractivity (Wildman–Crippen MR) is 137 cm³/mol. The molecule has 0 unspecified atom stereocenters. The van der Waals surface area contributed by atoms with Crippen LogP contribution in [0.2, 0.25) is 10.0 Å². The summed E-state index contributed by atoms with van der Waals surface area (Å²) in [5, 5.41) is 14.4. The van der Waals surface area contributed by atoms with Gasteiger partial charge in [-0.15, -0.1) is 10.2 Å². The van der Waals surface area contributed by atoms with Crippen LogP contribution in [-0.2, 0) is 16.8 Å². The molecule has 0 bridgehead atoms. The Kier molecular flexibility index (Phi) is 8.21. The van der Waals surface area contributed by atoms with E-state index in [1.165, 1.54) is 17.3 Å². The van der Waals surface area contributed by atoms with Crippen molar-refractivity contribution in [3.63, 3.8) is 0 Å². The first-order chi connectivity index (χ1) is 15.6. The van der Waals surface area contributed by atoms with Crippen molar-refractivity contribution in [2.75, 3.05) is 5.75 Å². The molecule has 0 atom stereocenters. The van der Waals surface area contributed by atoms with Crippen molar-refractivity contribution in [3.05, 3.63) is 63.6 Å².